The van der Waals surface area contributed by atoms with Crippen molar-refractivity contribution in [3.63, 3.8) is 0 Å². The van der Waals surface area contributed by atoms with Crippen LogP contribution >= 0.6 is 11.6 Å². The normalized spacial score (nSPS) is 10.5. The Morgan fingerprint density at radius 2 is 2.13 bits per heavy atom. The number of nitrogens with one attached hydrogen (secondary N) is 1. The number of carbonyl (C=O) groups is 1. The van der Waals surface area contributed by atoms with Crippen molar-refractivity contribution < 1.29 is 13.6 Å². The van der Waals surface area contributed by atoms with Crippen LogP contribution in [0.15, 0.2) is 6.07 Å². The fraction of sp³-hybridized carbons (Fsp3) is 0.300. The van der Waals surface area contributed by atoms with Crippen LogP contribution in [-0.2, 0) is 6.54 Å². The molecule has 0 amide bonds. The molecule has 82 valence electrons. The summed E-state index contributed by atoms with van der Waals surface area (Å²) in [5.41, 5.74) is -0.293. The van der Waals surface area contributed by atoms with Crippen LogP contribution in [-0.4, -0.2) is 12.8 Å². The van der Waals surface area contributed by atoms with Crippen molar-refractivity contribution in [1.29, 1.82) is 0 Å². The molecule has 1 aromatic carbocycles. The Bertz CT molecular complexity index is 407. The van der Waals surface area contributed by atoms with Gasteiger partial charge in [-0.3, -0.25) is 4.79 Å². The highest BCUT2D eigenvalue weighted by Gasteiger charge is 2.18. The van der Waals surface area contributed by atoms with Crippen LogP contribution in [0.25, 0.3) is 0 Å². The van der Waals surface area contributed by atoms with Gasteiger partial charge >= 0.3 is 0 Å². The Labute approximate surface area is 91.2 Å². The maximum Gasteiger partial charge on any atom is 0.162 e. The second-order valence-electron chi connectivity index (χ2n) is 3.10. The van der Waals surface area contributed by atoms with Crippen LogP contribution in [0.2, 0.25) is 5.02 Å². The number of ketones is 1. The van der Waals surface area contributed by atoms with Crippen LogP contribution in [0.1, 0.15) is 22.8 Å². The summed E-state index contributed by atoms with van der Waals surface area (Å²) >= 11 is 5.62. The van der Waals surface area contributed by atoms with Crippen LogP contribution in [0.3, 0.4) is 0 Å². The van der Waals surface area contributed by atoms with Crippen LogP contribution in [0.4, 0.5) is 8.78 Å². The molecule has 0 spiro atoms. The second-order valence-corrected chi connectivity index (χ2v) is 3.48. The van der Waals surface area contributed by atoms with E-state index in [1.807, 2.05) is 0 Å². The molecule has 5 heteroatoms. The maximum absolute atomic E-state index is 13.5. The molecule has 0 saturated carbocycles. The Kier molecular flexibility index (Phi) is 3.77. The molecule has 0 aromatic heterocycles. The topological polar surface area (TPSA) is 29.1 Å². The average molecular weight is 234 g/mol. The van der Waals surface area contributed by atoms with E-state index in [4.69, 9.17) is 11.6 Å². The van der Waals surface area contributed by atoms with E-state index in [1.165, 1.54) is 0 Å². The number of hydrogen-bond acceptors (Lipinski definition) is 2. The van der Waals surface area contributed by atoms with Gasteiger partial charge in [-0.25, -0.2) is 8.78 Å². The number of benzene rings is 1. The van der Waals surface area contributed by atoms with Crippen molar-refractivity contribution in [3.05, 3.63) is 33.9 Å². The van der Waals surface area contributed by atoms with Gasteiger partial charge in [-0.15, -0.1) is 0 Å². The predicted octanol–water partition coefficient (Wildman–Crippen LogP) is 2.54. The quantitative estimate of drug-likeness (QED) is 0.642. The van der Waals surface area contributed by atoms with Gasteiger partial charge in [0.1, 0.15) is 5.82 Å². The Hall–Kier alpha value is -1.00. The first kappa shape index (κ1) is 12.1. The van der Waals surface area contributed by atoms with E-state index in [0.29, 0.717) is 0 Å². The molecular weight excluding hydrogens is 224 g/mol. The first-order valence-corrected chi connectivity index (χ1v) is 4.68. The standard InChI is InChI=1S/C10H10ClF2NO/c1-5(15)6-3-8(12)7(4-14-2)9(11)10(6)13/h3,14H,4H2,1-2H3. The van der Waals surface area contributed by atoms with Gasteiger partial charge in [0.2, 0.25) is 0 Å². The van der Waals surface area contributed by atoms with Crippen molar-refractivity contribution in [2.75, 3.05) is 7.05 Å². The van der Waals surface area contributed by atoms with Gasteiger partial charge in [-0.2, -0.15) is 0 Å². The van der Waals surface area contributed by atoms with Gasteiger partial charge in [-0.1, -0.05) is 11.6 Å². The van der Waals surface area contributed by atoms with Crippen molar-refractivity contribution in [2.45, 2.75) is 13.5 Å². The molecule has 15 heavy (non-hydrogen) atoms. The SMILES string of the molecule is CNCc1c(F)cc(C(C)=O)c(F)c1Cl. The molecule has 0 saturated heterocycles. The highest BCUT2D eigenvalue weighted by molar-refractivity contribution is 6.32. The second kappa shape index (κ2) is 4.68. The Morgan fingerprint density at radius 1 is 1.53 bits per heavy atom. The fourth-order valence-corrected chi connectivity index (χ4v) is 1.49. The van der Waals surface area contributed by atoms with Gasteiger partial charge in [-0.05, 0) is 20.0 Å². The molecule has 2 nitrogen and oxygen atoms in total. The Balaban J connectivity index is 3.37. The van der Waals surface area contributed by atoms with Crippen LogP contribution in [0.5, 0.6) is 0 Å². The number of hydrogen-bond donors (Lipinski definition) is 1. The van der Waals surface area contributed by atoms with Gasteiger partial charge in [0.25, 0.3) is 0 Å². The summed E-state index contributed by atoms with van der Waals surface area (Å²) < 4.78 is 26.9. The van der Waals surface area contributed by atoms with E-state index in [1.54, 1.807) is 7.05 Å². The molecule has 0 atom stereocenters. The zero-order valence-corrected chi connectivity index (χ0v) is 9.08. The van der Waals surface area contributed by atoms with E-state index in [-0.39, 0.29) is 22.7 Å². The zero-order valence-electron chi connectivity index (χ0n) is 8.33. The summed E-state index contributed by atoms with van der Waals surface area (Å²) in [6, 6.07) is 0.871. The molecule has 0 unspecified atom stereocenters. The lowest BCUT2D eigenvalue weighted by Crippen LogP contribution is -2.10. The lowest BCUT2D eigenvalue weighted by Gasteiger charge is -2.08. The smallest absolute Gasteiger partial charge is 0.162 e. The third-order valence-corrected chi connectivity index (χ3v) is 2.38. The maximum atomic E-state index is 13.5. The first-order valence-electron chi connectivity index (χ1n) is 4.31. The van der Waals surface area contributed by atoms with E-state index >= 15 is 0 Å². The van der Waals surface area contributed by atoms with Gasteiger partial charge in [0, 0.05) is 12.1 Å². The van der Waals surface area contributed by atoms with E-state index < -0.39 is 17.4 Å². The van der Waals surface area contributed by atoms with Gasteiger partial charge < -0.3 is 5.32 Å². The summed E-state index contributed by atoms with van der Waals surface area (Å²) in [6.45, 7) is 1.27. The Morgan fingerprint density at radius 3 is 2.60 bits per heavy atom. The minimum absolute atomic E-state index is 0.0293. The lowest BCUT2D eigenvalue weighted by molar-refractivity contribution is 0.101. The minimum Gasteiger partial charge on any atom is -0.316 e. The van der Waals surface area contributed by atoms with E-state index in [2.05, 4.69) is 5.32 Å². The van der Waals surface area contributed by atoms with E-state index in [0.717, 1.165) is 13.0 Å². The zero-order chi connectivity index (χ0) is 11.6. The molecule has 0 bridgehead atoms. The van der Waals surface area contributed by atoms with Crippen molar-refractivity contribution in [2.24, 2.45) is 0 Å². The summed E-state index contributed by atoms with van der Waals surface area (Å²) in [5.74, 6) is -2.10. The fourth-order valence-electron chi connectivity index (χ4n) is 1.23. The highest BCUT2D eigenvalue weighted by atomic mass is 35.5. The average Bonchev–Trinajstić information content (AvgIpc) is 2.18. The minimum atomic E-state index is -0.865. The molecule has 0 fully saturated rings. The molecule has 0 heterocycles. The molecule has 0 radical (unpaired) electrons. The molecule has 0 aliphatic heterocycles. The largest absolute Gasteiger partial charge is 0.316 e. The van der Waals surface area contributed by atoms with Gasteiger partial charge in [0.15, 0.2) is 11.6 Å². The predicted molar refractivity (Wildman–Crippen MR) is 54.1 cm³/mol. The first-order chi connectivity index (χ1) is 6.99. The number of rotatable bonds is 3. The molecule has 1 rings (SSSR count). The molecule has 1 N–H and O–H groups in total. The lowest BCUT2D eigenvalue weighted by atomic mass is 10.1. The highest BCUT2D eigenvalue weighted by Crippen LogP contribution is 2.26. The molecule has 1 aromatic rings. The van der Waals surface area contributed by atoms with E-state index in [9.17, 15) is 13.6 Å². The van der Waals surface area contributed by atoms with Gasteiger partial charge in [0.05, 0.1) is 10.6 Å². The summed E-state index contributed by atoms with van der Waals surface area (Å²) in [7, 11) is 1.59. The van der Waals surface area contributed by atoms with Crippen LogP contribution < -0.4 is 5.32 Å². The van der Waals surface area contributed by atoms with Crippen LogP contribution in [0, 0.1) is 11.6 Å². The molecule has 0 aliphatic carbocycles. The van der Waals surface area contributed by atoms with Crippen molar-refractivity contribution in [3.8, 4) is 0 Å². The molecule has 0 aliphatic rings. The van der Waals surface area contributed by atoms with Crippen molar-refractivity contribution >= 4 is 17.4 Å². The monoisotopic (exact) mass is 233 g/mol. The third kappa shape index (κ3) is 2.33. The summed E-state index contributed by atoms with van der Waals surface area (Å²) in [5, 5.41) is 2.33. The third-order valence-electron chi connectivity index (χ3n) is 1.99. The number of carbonyl (C=O) groups excluding carboxylic acids is 1. The molecular formula is C10H10ClF2NO. The summed E-state index contributed by atoms with van der Waals surface area (Å²) in [4.78, 5) is 11.0. The number of Topliss-reactive ketones (excluding diaryl/α,β-unsaturated/α-hetero) is 1. The van der Waals surface area contributed by atoms with Crippen molar-refractivity contribution in [1.82, 2.24) is 5.32 Å². The number of halogens is 3. The summed E-state index contributed by atoms with van der Waals surface area (Å²) in [6.07, 6.45) is 0.